The fourth-order valence-corrected chi connectivity index (χ4v) is 2.27. The maximum absolute atomic E-state index is 12.4. The number of rotatable bonds is 7. The van der Waals surface area contributed by atoms with Crippen molar-refractivity contribution >= 4 is 5.91 Å². The molecular weight excluding hydrogens is 294 g/mol. The summed E-state index contributed by atoms with van der Waals surface area (Å²) < 4.78 is 10.3. The first-order valence-electron chi connectivity index (χ1n) is 7.35. The zero-order valence-corrected chi connectivity index (χ0v) is 13.3. The molecule has 0 aromatic heterocycles. The highest BCUT2D eigenvalue weighted by Crippen LogP contribution is 2.22. The number of amides is 1. The lowest BCUT2D eigenvalue weighted by Crippen LogP contribution is -2.39. The van der Waals surface area contributed by atoms with Crippen molar-refractivity contribution in [3.63, 3.8) is 0 Å². The molecule has 0 bridgehead atoms. The van der Waals surface area contributed by atoms with E-state index in [1.165, 1.54) is 14.2 Å². The van der Waals surface area contributed by atoms with Crippen LogP contribution in [0, 0.1) is 0 Å². The van der Waals surface area contributed by atoms with Gasteiger partial charge in [-0.1, -0.05) is 30.3 Å². The molecule has 2 N–H and O–H groups in total. The van der Waals surface area contributed by atoms with Gasteiger partial charge in [-0.15, -0.1) is 0 Å². The molecule has 5 heteroatoms. The Morgan fingerprint density at radius 3 is 2.22 bits per heavy atom. The predicted molar refractivity (Wildman–Crippen MR) is 88.0 cm³/mol. The van der Waals surface area contributed by atoms with Crippen molar-refractivity contribution < 1.29 is 19.4 Å². The standard InChI is InChI=1S/C18H21NO4/c1-22-16-9-14(10-17(11-16)23-2)18(21)19-15(12-20)8-13-6-4-3-5-7-13/h3-7,9-11,15,20H,8,12H2,1-2H3,(H,19,21). The monoisotopic (exact) mass is 315 g/mol. The lowest BCUT2D eigenvalue weighted by Gasteiger charge is -2.17. The van der Waals surface area contributed by atoms with Crippen LogP contribution in [0.1, 0.15) is 15.9 Å². The molecule has 0 aliphatic carbocycles. The van der Waals surface area contributed by atoms with Crippen LogP contribution in [0.3, 0.4) is 0 Å². The molecule has 5 nitrogen and oxygen atoms in total. The average molecular weight is 315 g/mol. The molecule has 122 valence electrons. The van der Waals surface area contributed by atoms with Crippen LogP contribution < -0.4 is 14.8 Å². The van der Waals surface area contributed by atoms with Crippen LogP contribution in [0.5, 0.6) is 11.5 Å². The van der Waals surface area contributed by atoms with Crippen molar-refractivity contribution in [3.05, 3.63) is 59.7 Å². The molecule has 1 atom stereocenters. The first kappa shape index (κ1) is 16.8. The van der Waals surface area contributed by atoms with E-state index in [2.05, 4.69) is 5.32 Å². The molecule has 1 amide bonds. The number of nitrogens with one attached hydrogen (secondary N) is 1. The van der Waals surface area contributed by atoms with Gasteiger partial charge in [-0.3, -0.25) is 4.79 Å². The Morgan fingerprint density at radius 2 is 1.70 bits per heavy atom. The van der Waals surface area contributed by atoms with E-state index in [-0.39, 0.29) is 18.6 Å². The third kappa shape index (κ3) is 4.72. The van der Waals surface area contributed by atoms with Crippen molar-refractivity contribution in [3.8, 4) is 11.5 Å². The number of hydrogen-bond donors (Lipinski definition) is 2. The maximum atomic E-state index is 12.4. The van der Waals surface area contributed by atoms with Gasteiger partial charge >= 0.3 is 0 Å². The SMILES string of the molecule is COc1cc(OC)cc(C(=O)NC(CO)Cc2ccccc2)c1. The summed E-state index contributed by atoms with van der Waals surface area (Å²) in [5.74, 6) is 0.799. The fourth-order valence-electron chi connectivity index (χ4n) is 2.27. The molecule has 2 rings (SSSR count). The third-order valence-electron chi connectivity index (χ3n) is 3.49. The molecule has 0 spiro atoms. The van der Waals surface area contributed by atoms with E-state index in [0.29, 0.717) is 23.5 Å². The summed E-state index contributed by atoms with van der Waals surface area (Å²) in [7, 11) is 3.06. The Morgan fingerprint density at radius 1 is 1.09 bits per heavy atom. The highest BCUT2D eigenvalue weighted by molar-refractivity contribution is 5.95. The van der Waals surface area contributed by atoms with E-state index in [1.54, 1.807) is 18.2 Å². The molecule has 0 aliphatic heterocycles. The van der Waals surface area contributed by atoms with E-state index >= 15 is 0 Å². The molecule has 1 unspecified atom stereocenters. The van der Waals surface area contributed by atoms with Gasteiger partial charge in [0.25, 0.3) is 5.91 Å². The fraction of sp³-hybridized carbons (Fsp3) is 0.278. The summed E-state index contributed by atoms with van der Waals surface area (Å²) >= 11 is 0. The minimum atomic E-state index is -0.359. The summed E-state index contributed by atoms with van der Waals surface area (Å²) in [4.78, 5) is 12.4. The Labute approximate surface area is 135 Å². The van der Waals surface area contributed by atoms with Gasteiger partial charge in [0.1, 0.15) is 11.5 Å². The minimum absolute atomic E-state index is 0.137. The number of methoxy groups -OCH3 is 2. The number of aliphatic hydroxyl groups excluding tert-OH is 1. The van der Waals surface area contributed by atoms with Crippen LogP contribution in [0.25, 0.3) is 0 Å². The predicted octanol–water partition coefficient (Wildman–Crippen LogP) is 2.04. The number of carbonyl (C=O) groups excluding carboxylic acids is 1. The lowest BCUT2D eigenvalue weighted by molar-refractivity contribution is 0.0916. The second kappa shape index (κ2) is 8.19. The maximum Gasteiger partial charge on any atom is 0.251 e. The minimum Gasteiger partial charge on any atom is -0.497 e. The van der Waals surface area contributed by atoms with Gasteiger partial charge in [-0.2, -0.15) is 0 Å². The number of carbonyl (C=O) groups is 1. The van der Waals surface area contributed by atoms with Crippen LogP contribution in [0.15, 0.2) is 48.5 Å². The second-order valence-electron chi connectivity index (χ2n) is 5.14. The van der Waals surface area contributed by atoms with Gasteiger partial charge in [0.15, 0.2) is 0 Å². The van der Waals surface area contributed by atoms with E-state index in [1.807, 2.05) is 30.3 Å². The summed E-state index contributed by atoms with van der Waals surface area (Å²) in [5, 5.41) is 12.4. The largest absolute Gasteiger partial charge is 0.497 e. The molecule has 2 aromatic carbocycles. The van der Waals surface area contributed by atoms with Crippen molar-refractivity contribution in [1.82, 2.24) is 5.32 Å². The van der Waals surface area contributed by atoms with E-state index in [9.17, 15) is 9.90 Å². The summed E-state index contributed by atoms with van der Waals surface area (Å²) in [6.07, 6.45) is 0.560. The van der Waals surface area contributed by atoms with Gasteiger partial charge in [-0.05, 0) is 24.1 Å². The number of benzene rings is 2. The van der Waals surface area contributed by atoms with Crippen LogP contribution in [0.2, 0.25) is 0 Å². The third-order valence-corrected chi connectivity index (χ3v) is 3.49. The summed E-state index contributed by atoms with van der Waals surface area (Å²) in [6, 6.07) is 14.3. The number of aliphatic hydroxyl groups is 1. The quantitative estimate of drug-likeness (QED) is 0.820. The smallest absolute Gasteiger partial charge is 0.251 e. The van der Waals surface area contributed by atoms with Gasteiger partial charge < -0.3 is 19.9 Å². The van der Waals surface area contributed by atoms with Crippen molar-refractivity contribution in [2.45, 2.75) is 12.5 Å². The molecule has 0 saturated carbocycles. The van der Waals surface area contributed by atoms with Gasteiger partial charge in [0.05, 0.1) is 26.9 Å². The molecule has 0 fully saturated rings. The highest BCUT2D eigenvalue weighted by atomic mass is 16.5. The van der Waals surface area contributed by atoms with Gasteiger partial charge in [-0.25, -0.2) is 0 Å². The molecule has 0 saturated heterocycles. The van der Waals surface area contributed by atoms with Gasteiger partial charge in [0, 0.05) is 11.6 Å². The Hall–Kier alpha value is -2.53. The van der Waals surface area contributed by atoms with E-state index in [4.69, 9.17) is 9.47 Å². The topological polar surface area (TPSA) is 67.8 Å². The normalized spacial score (nSPS) is 11.6. The van der Waals surface area contributed by atoms with Crippen LogP contribution in [-0.4, -0.2) is 37.9 Å². The van der Waals surface area contributed by atoms with Crippen molar-refractivity contribution in [1.29, 1.82) is 0 Å². The zero-order chi connectivity index (χ0) is 16.7. The van der Waals surface area contributed by atoms with Crippen LogP contribution in [-0.2, 0) is 6.42 Å². The molecule has 0 heterocycles. The zero-order valence-electron chi connectivity index (χ0n) is 13.3. The Balaban J connectivity index is 2.10. The van der Waals surface area contributed by atoms with Crippen molar-refractivity contribution in [2.24, 2.45) is 0 Å². The van der Waals surface area contributed by atoms with Crippen molar-refractivity contribution in [2.75, 3.05) is 20.8 Å². The molecule has 23 heavy (non-hydrogen) atoms. The van der Waals surface area contributed by atoms with E-state index < -0.39 is 0 Å². The summed E-state index contributed by atoms with van der Waals surface area (Å²) in [5.41, 5.74) is 1.47. The highest BCUT2D eigenvalue weighted by Gasteiger charge is 2.15. The number of ether oxygens (including phenoxy) is 2. The molecular formula is C18H21NO4. The summed E-state index contributed by atoms with van der Waals surface area (Å²) in [6.45, 7) is -0.137. The Kier molecular flexibility index (Phi) is 6.00. The Bertz CT molecular complexity index is 620. The number of hydrogen-bond acceptors (Lipinski definition) is 4. The molecule has 0 aliphatic rings. The average Bonchev–Trinajstić information content (AvgIpc) is 2.61. The first-order chi connectivity index (χ1) is 11.2. The van der Waals surface area contributed by atoms with Crippen LogP contribution in [0.4, 0.5) is 0 Å². The van der Waals surface area contributed by atoms with E-state index in [0.717, 1.165) is 5.56 Å². The first-order valence-corrected chi connectivity index (χ1v) is 7.35. The lowest BCUT2D eigenvalue weighted by atomic mass is 10.1. The molecule has 0 radical (unpaired) electrons. The second-order valence-corrected chi connectivity index (χ2v) is 5.14. The van der Waals surface area contributed by atoms with Crippen LogP contribution >= 0.6 is 0 Å². The van der Waals surface area contributed by atoms with Gasteiger partial charge in [0.2, 0.25) is 0 Å². The molecule has 2 aromatic rings.